The van der Waals surface area contributed by atoms with Crippen LogP contribution in [0.5, 0.6) is 5.75 Å². The van der Waals surface area contributed by atoms with Crippen molar-refractivity contribution in [2.45, 2.75) is 31.4 Å². The summed E-state index contributed by atoms with van der Waals surface area (Å²) in [6, 6.07) is 16.4. The summed E-state index contributed by atoms with van der Waals surface area (Å²) in [5, 5.41) is 6.09. The minimum Gasteiger partial charge on any atom is -0.484 e. The van der Waals surface area contributed by atoms with Crippen molar-refractivity contribution in [3.05, 3.63) is 60.4 Å². The molecule has 2 N–H and O–H groups in total. The number of hydrogen-bond acceptors (Lipinski definition) is 8. The average molecular weight is 537 g/mol. The predicted octanol–water partition coefficient (Wildman–Crippen LogP) is 4.09. The Balaban J connectivity index is 1.08. The van der Waals surface area contributed by atoms with Crippen molar-refractivity contribution < 1.29 is 18.3 Å². The van der Waals surface area contributed by atoms with Crippen LogP contribution in [0.3, 0.4) is 0 Å². The van der Waals surface area contributed by atoms with Crippen LogP contribution in [-0.2, 0) is 4.74 Å². The van der Waals surface area contributed by atoms with Gasteiger partial charge in [-0.05, 0) is 61.5 Å². The lowest BCUT2D eigenvalue weighted by molar-refractivity contribution is -0.109. The maximum absolute atomic E-state index is 14.2. The van der Waals surface area contributed by atoms with Gasteiger partial charge >= 0.3 is 0 Å². The number of nitrogens with one attached hydrogen (secondary N) is 2. The van der Waals surface area contributed by atoms with Crippen molar-refractivity contribution >= 4 is 17.2 Å². The molecule has 0 bridgehead atoms. The Morgan fingerprint density at radius 2 is 1.82 bits per heavy atom. The predicted molar refractivity (Wildman–Crippen MR) is 147 cm³/mol. The van der Waals surface area contributed by atoms with Gasteiger partial charge in [0.2, 0.25) is 0 Å². The first-order valence-corrected chi connectivity index (χ1v) is 13.6. The molecule has 6 rings (SSSR count). The number of piperazine rings is 1. The number of aromatic nitrogens is 2. The van der Waals surface area contributed by atoms with Crippen LogP contribution in [0.4, 0.5) is 26.0 Å². The molecule has 3 aromatic rings. The van der Waals surface area contributed by atoms with Crippen LogP contribution in [0, 0.1) is 6.92 Å². The molecular formula is C29H34F2N6O2. The average Bonchev–Trinajstić information content (AvgIpc) is 2.91. The molecule has 0 aliphatic carbocycles. The van der Waals surface area contributed by atoms with Crippen LogP contribution in [0.25, 0.3) is 11.3 Å². The fourth-order valence-electron chi connectivity index (χ4n) is 5.32. The number of anilines is 3. The number of nitrogens with zero attached hydrogens (tertiary/aromatic N) is 4. The fourth-order valence-corrected chi connectivity index (χ4v) is 5.32. The number of benzene rings is 2. The molecule has 8 nitrogen and oxygen atoms in total. The van der Waals surface area contributed by atoms with Crippen LogP contribution < -0.4 is 20.3 Å². The molecule has 0 amide bonds. The van der Waals surface area contributed by atoms with Crippen molar-refractivity contribution in [3.63, 3.8) is 0 Å². The smallest absolute Gasteiger partial charge is 0.296 e. The maximum atomic E-state index is 14.2. The summed E-state index contributed by atoms with van der Waals surface area (Å²) < 4.78 is 39.5. The lowest BCUT2D eigenvalue weighted by atomic mass is 10.0. The Labute approximate surface area is 227 Å². The van der Waals surface area contributed by atoms with Crippen LogP contribution >= 0.6 is 0 Å². The molecule has 1 unspecified atom stereocenters. The standard InChI is InChI=1S/C29H34F2N6O2/c1-20-14-21(2-7-26(20)39-27-8-9-32-18-29(27,30)31)25-15-28(34-19-33-25)35-22-3-5-23(6-4-22)36-10-12-37(13-11-36)24-16-38-17-24/h2-7,14-15,19,24,27,32H,8-13,16-18H2,1H3,(H,33,34,35). The highest BCUT2D eigenvalue weighted by Gasteiger charge is 2.43. The molecule has 0 saturated carbocycles. The minimum absolute atomic E-state index is 0.267. The molecule has 1 aromatic heterocycles. The minimum atomic E-state index is -2.89. The quantitative estimate of drug-likeness (QED) is 0.468. The first kappa shape index (κ1) is 25.9. The third-order valence-electron chi connectivity index (χ3n) is 7.78. The molecule has 2 aromatic carbocycles. The number of alkyl halides is 2. The number of piperidine rings is 1. The van der Waals surface area contributed by atoms with Crippen LogP contribution in [0.15, 0.2) is 54.9 Å². The highest BCUT2D eigenvalue weighted by molar-refractivity contribution is 5.67. The Hall–Kier alpha value is -3.34. The first-order valence-electron chi connectivity index (χ1n) is 13.6. The second-order valence-electron chi connectivity index (χ2n) is 10.5. The third kappa shape index (κ3) is 5.83. The van der Waals surface area contributed by atoms with E-state index < -0.39 is 12.0 Å². The zero-order valence-electron chi connectivity index (χ0n) is 22.1. The Bertz CT molecular complexity index is 1280. The Kier molecular flexibility index (Phi) is 7.33. The van der Waals surface area contributed by atoms with E-state index in [-0.39, 0.29) is 13.0 Å². The van der Waals surface area contributed by atoms with E-state index in [1.54, 1.807) is 6.07 Å². The summed E-state index contributed by atoms with van der Waals surface area (Å²) in [5.74, 6) is -1.75. The summed E-state index contributed by atoms with van der Waals surface area (Å²) >= 11 is 0. The van der Waals surface area contributed by atoms with Crippen molar-refractivity contribution in [2.24, 2.45) is 0 Å². The SMILES string of the molecule is Cc1cc(-c2cc(Nc3ccc(N4CCN(C5COC5)CC4)cc3)ncn2)ccc1OC1CCNCC1(F)F. The molecule has 3 fully saturated rings. The van der Waals surface area contributed by atoms with Gasteiger partial charge in [0.1, 0.15) is 17.9 Å². The molecule has 0 radical (unpaired) electrons. The number of ether oxygens (including phenoxy) is 2. The van der Waals surface area contributed by atoms with Gasteiger partial charge in [0, 0.05) is 55.6 Å². The van der Waals surface area contributed by atoms with E-state index in [2.05, 4.69) is 54.7 Å². The lowest BCUT2D eigenvalue weighted by Crippen LogP contribution is -2.56. The number of halogens is 2. The molecule has 3 saturated heterocycles. The summed E-state index contributed by atoms with van der Waals surface area (Å²) in [7, 11) is 0. The van der Waals surface area contributed by atoms with E-state index in [1.165, 1.54) is 12.0 Å². The van der Waals surface area contributed by atoms with Crippen LogP contribution in [0.2, 0.25) is 0 Å². The van der Waals surface area contributed by atoms with Gasteiger partial charge < -0.3 is 25.0 Å². The summed E-state index contributed by atoms with van der Waals surface area (Å²) in [4.78, 5) is 13.8. The van der Waals surface area contributed by atoms with Gasteiger partial charge in [0.05, 0.1) is 31.5 Å². The van der Waals surface area contributed by atoms with E-state index in [1.807, 2.05) is 25.1 Å². The van der Waals surface area contributed by atoms with Gasteiger partial charge in [-0.2, -0.15) is 0 Å². The largest absolute Gasteiger partial charge is 0.484 e. The molecule has 0 spiro atoms. The number of aryl methyl sites for hydroxylation is 1. The second-order valence-corrected chi connectivity index (χ2v) is 10.5. The normalized spacial score (nSPS) is 21.8. The summed E-state index contributed by atoms with van der Waals surface area (Å²) in [5.41, 5.74) is 4.54. The number of rotatable bonds is 7. The zero-order valence-corrected chi connectivity index (χ0v) is 22.1. The molecule has 3 aliphatic rings. The summed E-state index contributed by atoms with van der Waals surface area (Å²) in [6.45, 7) is 7.91. The van der Waals surface area contributed by atoms with E-state index >= 15 is 0 Å². The molecule has 3 aliphatic heterocycles. The Morgan fingerprint density at radius 3 is 2.51 bits per heavy atom. The van der Waals surface area contributed by atoms with Gasteiger partial charge in [0.25, 0.3) is 5.92 Å². The molecular weight excluding hydrogens is 502 g/mol. The molecule has 4 heterocycles. The Morgan fingerprint density at radius 1 is 1.03 bits per heavy atom. The van der Waals surface area contributed by atoms with Gasteiger partial charge in [-0.3, -0.25) is 4.90 Å². The summed E-state index contributed by atoms with van der Waals surface area (Å²) in [6.07, 6.45) is 0.661. The van der Waals surface area contributed by atoms with Gasteiger partial charge in [-0.1, -0.05) is 0 Å². The van der Waals surface area contributed by atoms with Crippen LogP contribution in [0.1, 0.15) is 12.0 Å². The van der Waals surface area contributed by atoms with Crippen molar-refractivity contribution in [1.29, 1.82) is 0 Å². The van der Waals surface area contributed by atoms with Crippen molar-refractivity contribution in [3.8, 4) is 17.0 Å². The molecule has 39 heavy (non-hydrogen) atoms. The van der Waals surface area contributed by atoms with Crippen molar-refractivity contribution in [2.75, 3.05) is 62.7 Å². The van der Waals surface area contributed by atoms with Gasteiger partial charge in [-0.15, -0.1) is 0 Å². The second kappa shape index (κ2) is 11.0. The lowest BCUT2D eigenvalue weighted by Gasteiger charge is -2.43. The zero-order chi connectivity index (χ0) is 26.8. The van der Waals surface area contributed by atoms with Crippen molar-refractivity contribution in [1.82, 2.24) is 20.2 Å². The van der Waals surface area contributed by atoms with Crippen LogP contribution in [-0.4, -0.2) is 85.4 Å². The molecule has 206 valence electrons. The topological polar surface area (TPSA) is 74.8 Å². The fraction of sp³-hybridized carbons (Fsp3) is 0.448. The van der Waals surface area contributed by atoms with Gasteiger partial charge in [-0.25, -0.2) is 18.7 Å². The van der Waals surface area contributed by atoms with E-state index in [9.17, 15) is 8.78 Å². The first-order chi connectivity index (χ1) is 18.9. The molecule has 1 atom stereocenters. The third-order valence-corrected chi connectivity index (χ3v) is 7.78. The monoisotopic (exact) mass is 536 g/mol. The number of hydrogen-bond donors (Lipinski definition) is 2. The molecule has 10 heteroatoms. The highest BCUT2D eigenvalue weighted by Crippen LogP contribution is 2.32. The highest BCUT2D eigenvalue weighted by atomic mass is 19.3. The van der Waals surface area contributed by atoms with Gasteiger partial charge in [0.15, 0.2) is 6.10 Å². The van der Waals surface area contributed by atoms with E-state index in [0.29, 0.717) is 24.2 Å². The van der Waals surface area contributed by atoms with E-state index in [4.69, 9.17) is 9.47 Å². The maximum Gasteiger partial charge on any atom is 0.296 e. The van der Waals surface area contributed by atoms with E-state index in [0.717, 1.165) is 61.9 Å².